The van der Waals surface area contributed by atoms with Crippen molar-refractivity contribution in [3.05, 3.63) is 0 Å². The zero-order valence-corrected chi connectivity index (χ0v) is 86.0. The van der Waals surface area contributed by atoms with Crippen molar-refractivity contribution >= 4 is 104 Å². The number of hydrogen-bond acceptors (Lipinski definition) is 45. The second kappa shape index (κ2) is 77.1. The van der Waals surface area contributed by atoms with Crippen LogP contribution in [-0.4, -0.2) is 428 Å². The Morgan fingerprint density at radius 1 is 0.340 bits per heavy atom. The highest BCUT2D eigenvalue weighted by Gasteiger charge is 2.53. The molecule has 824 valence electrons. The molecule has 144 heavy (non-hydrogen) atoms. The van der Waals surface area contributed by atoms with Gasteiger partial charge < -0.3 is 170 Å². The van der Waals surface area contributed by atoms with Gasteiger partial charge in [-0.3, -0.25) is 76.7 Å². The molecule has 17 atom stereocenters. The summed E-state index contributed by atoms with van der Waals surface area (Å²) in [6.45, 7) is 22.6. The number of nitrogens with zero attached hydrogens (tertiary/aromatic N) is 2. The van der Waals surface area contributed by atoms with Crippen molar-refractivity contribution in [2.75, 3.05) is 218 Å². The first-order valence-corrected chi connectivity index (χ1v) is 48.8. The first-order valence-electron chi connectivity index (χ1n) is 47.7. The van der Waals surface area contributed by atoms with Gasteiger partial charge in [0.2, 0.25) is 47.3 Å². The summed E-state index contributed by atoms with van der Waals surface area (Å²) in [6.07, 6.45) is -15.4. The number of rotatable bonds is 79. The number of nitriles is 1. The fraction of sp³-hybridized carbons (Fsp3) is 0.811. The first kappa shape index (κ1) is 129. The highest BCUT2D eigenvalue weighted by molar-refractivity contribution is 7.44. The molecule has 3 aliphatic rings. The summed E-state index contributed by atoms with van der Waals surface area (Å²) in [4.78, 5) is 203. The summed E-state index contributed by atoms with van der Waals surface area (Å²) < 4.78 is 155. The lowest BCUT2D eigenvalue weighted by Crippen LogP contribution is -2.66. The van der Waals surface area contributed by atoms with Crippen molar-refractivity contribution in [3.63, 3.8) is 0 Å². The minimum Gasteiger partial charge on any atom is -0.463 e. The van der Waals surface area contributed by atoms with E-state index < -0.39 is 221 Å². The van der Waals surface area contributed by atoms with Crippen LogP contribution in [0.2, 0.25) is 0 Å². The van der Waals surface area contributed by atoms with Crippen molar-refractivity contribution in [2.45, 2.75) is 259 Å². The third kappa shape index (κ3) is 59.4. The number of hydrogen-bond donors (Lipinski definition) is 8. The van der Waals surface area contributed by atoms with E-state index >= 15 is 0 Å². The predicted molar refractivity (Wildman–Crippen MR) is 495 cm³/mol. The minimum absolute atomic E-state index is 0.0383. The van der Waals surface area contributed by atoms with Gasteiger partial charge in [0.25, 0.3) is 8.53 Å². The molecule has 3 heterocycles. The third-order valence-corrected chi connectivity index (χ3v) is 21.9. The van der Waals surface area contributed by atoms with Gasteiger partial charge >= 0.3 is 47.8 Å². The lowest BCUT2D eigenvalue weighted by Gasteiger charge is -2.44. The lowest BCUT2D eigenvalue weighted by atomic mass is 9.96. The molecule has 0 aromatic carbocycles. The molecule has 0 radical (unpaired) electrons. The van der Waals surface area contributed by atoms with Crippen LogP contribution < -0.4 is 42.5 Å². The van der Waals surface area contributed by atoms with E-state index in [0.717, 1.165) is 48.5 Å². The van der Waals surface area contributed by atoms with Gasteiger partial charge in [-0.1, -0.05) is 0 Å². The SMILES string of the molecule is CC(=O)NC1CC(OC(C)=O)C(COC(C)=O)OC1OCCOCCNC(=O)C(CCC(=O)NC(CCC(=O)NCCOCCOC1OC(COC(C)=O)C(OC(C)=O)C(OC(C)=O)C1NC(C)=O)C(=O)NCCOCCOC1OC(COC(C)=O)C(OC(C)=O)C(OC(C)=O)C1NC(C)=O)NC(=O)CCOCCOCCOCCOCCOCCOCCOCCOCCOP(OCCC#N)N(C(C)C)C(C)C. The average molecular weight is 2090 g/mol. The molecular weight excluding hydrogens is 1940 g/mol. The monoisotopic (exact) mass is 2090 g/mol. The summed E-state index contributed by atoms with van der Waals surface area (Å²) in [5.74, 6) is -11.3. The third-order valence-electron chi connectivity index (χ3n) is 19.8. The standard InChI is InChI=1S/C90H151N10O43P/c1-57(2)100(58(3)4)144(134-26-16-22-91)135-52-48-127-44-43-126-42-41-125-40-39-124-38-37-123-36-35-122-34-33-121-32-31-117-27-21-79(114)99-71(87(116)94-24-29-119-45-49-128-88-72(95-59(5)101)53-73(136-65(11)107)74(141-88)54-131-62(8)104)18-20-78(113)98-70(86(115)93-25-30-120-47-51-130-90-81(97-61(7)103)85(140-69(15)111)83(138-67(13)109)76(143-90)56-133-64(10)106)17-19-77(112)92-23-28-118-46-50-129-89-80(96-60(6)102)84(139-68(14)110)82(137-66(12)108)75(142-89)55-132-63(9)105/h57-58,70-76,80-85,88-90H,16-21,23-56H2,1-15H3,(H,92,112)(H,93,115)(H,94,116)(H,95,101)(H,96,102)(H,97,103)(H,98,113)(H,99,114). The summed E-state index contributed by atoms with van der Waals surface area (Å²) in [6, 6.07) is -3.73. The molecule has 0 aliphatic carbocycles. The van der Waals surface area contributed by atoms with Crippen molar-refractivity contribution in [1.29, 1.82) is 5.26 Å². The molecular formula is C90H151N10O43P. The summed E-state index contributed by atoms with van der Waals surface area (Å²) in [5.41, 5.74) is 0. The Morgan fingerprint density at radius 2 is 0.653 bits per heavy atom. The van der Waals surface area contributed by atoms with E-state index in [0.29, 0.717) is 85.9 Å². The van der Waals surface area contributed by atoms with Crippen LogP contribution in [0.5, 0.6) is 0 Å². The fourth-order valence-corrected chi connectivity index (χ4v) is 15.5. The van der Waals surface area contributed by atoms with Crippen LogP contribution in [-0.2, 0) is 204 Å². The van der Waals surface area contributed by atoms with Gasteiger partial charge in [-0.05, 0) is 40.5 Å². The number of carbonyl (C=O) groups excluding carboxylic acids is 16. The molecule has 54 heteroatoms. The molecule has 8 N–H and O–H groups in total. The number of esters is 8. The lowest BCUT2D eigenvalue weighted by molar-refractivity contribution is -0.279. The average Bonchev–Trinajstić information content (AvgIpc) is 0.788. The van der Waals surface area contributed by atoms with Crippen LogP contribution in [0.15, 0.2) is 0 Å². The Morgan fingerprint density at radius 3 is 1.01 bits per heavy atom. The first-order chi connectivity index (χ1) is 68.8. The molecule has 0 aromatic heterocycles. The maximum Gasteiger partial charge on any atom is 0.303 e. The van der Waals surface area contributed by atoms with Gasteiger partial charge in [-0.25, -0.2) is 4.67 Å². The number of carbonyl (C=O) groups is 16. The van der Waals surface area contributed by atoms with E-state index in [2.05, 4.69) is 81.0 Å². The highest BCUT2D eigenvalue weighted by atomic mass is 31.2. The molecule has 3 aliphatic heterocycles. The number of amides is 8. The Balaban J connectivity index is 1.67. The van der Waals surface area contributed by atoms with Gasteiger partial charge in [-0.15, -0.1) is 0 Å². The number of nitrogens with one attached hydrogen (secondary N) is 8. The Labute approximate surface area is 839 Å². The van der Waals surface area contributed by atoms with Gasteiger partial charge in [0.05, 0.1) is 197 Å². The molecule has 8 amide bonds. The van der Waals surface area contributed by atoms with Gasteiger partial charge in [0.15, 0.2) is 43.3 Å². The van der Waals surface area contributed by atoms with Crippen LogP contribution in [0.3, 0.4) is 0 Å². The summed E-state index contributed by atoms with van der Waals surface area (Å²) in [5, 5.41) is 30.0. The summed E-state index contributed by atoms with van der Waals surface area (Å²) >= 11 is 0. The second-order valence-electron chi connectivity index (χ2n) is 32.7. The van der Waals surface area contributed by atoms with E-state index in [1.807, 2.05) is 0 Å². The molecule has 0 bridgehead atoms. The highest BCUT2D eigenvalue weighted by Crippen LogP contribution is 2.46. The van der Waals surface area contributed by atoms with E-state index in [9.17, 15) is 76.7 Å². The van der Waals surface area contributed by atoms with E-state index in [-0.39, 0.29) is 169 Å². The topological polar surface area (TPSA) is 646 Å². The molecule has 0 spiro atoms. The molecule has 17 unspecified atom stereocenters. The Bertz CT molecular complexity index is 3840. The van der Waals surface area contributed by atoms with E-state index in [1.165, 1.54) is 27.7 Å². The molecule has 3 fully saturated rings. The van der Waals surface area contributed by atoms with Crippen LogP contribution in [0.4, 0.5) is 0 Å². The van der Waals surface area contributed by atoms with Gasteiger partial charge in [0, 0.05) is 134 Å². The van der Waals surface area contributed by atoms with Gasteiger partial charge in [-0.2, -0.15) is 5.26 Å². The number of ether oxygens (including phenoxy) is 25. The normalized spacial score (nSPS) is 20.9. The molecule has 3 rings (SSSR count). The van der Waals surface area contributed by atoms with Crippen LogP contribution >= 0.6 is 8.53 Å². The molecule has 3 saturated heterocycles. The van der Waals surface area contributed by atoms with Crippen molar-refractivity contribution in [2.24, 2.45) is 0 Å². The van der Waals surface area contributed by atoms with Gasteiger partial charge in [0.1, 0.15) is 68.4 Å². The van der Waals surface area contributed by atoms with Crippen LogP contribution in [0, 0.1) is 11.3 Å². The van der Waals surface area contributed by atoms with Crippen molar-refractivity contribution < 1.29 is 204 Å². The molecule has 53 nitrogen and oxygen atoms in total. The minimum atomic E-state index is -1.45. The van der Waals surface area contributed by atoms with Crippen LogP contribution in [0.25, 0.3) is 0 Å². The second-order valence-corrected chi connectivity index (χ2v) is 34.2. The maximum atomic E-state index is 14.2. The Hall–Kier alpha value is -9.36. The van der Waals surface area contributed by atoms with Crippen LogP contribution in [0.1, 0.15) is 149 Å². The maximum absolute atomic E-state index is 14.2. The van der Waals surface area contributed by atoms with Crippen molar-refractivity contribution in [1.82, 2.24) is 47.2 Å². The predicted octanol–water partition coefficient (Wildman–Crippen LogP) is -1.79. The zero-order valence-electron chi connectivity index (χ0n) is 85.1. The largest absolute Gasteiger partial charge is 0.463 e. The quantitative estimate of drug-likeness (QED) is 0.0144. The zero-order chi connectivity index (χ0) is 107. The van der Waals surface area contributed by atoms with E-state index in [4.69, 9.17) is 133 Å². The fourth-order valence-electron chi connectivity index (χ4n) is 13.9. The van der Waals surface area contributed by atoms with E-state index in [1.54, 1.807) is 0 Å². The Kier molecular flexibility index (Phi) is 68.9. The smallest absolute Gasteiger partial charge is 0.303 e. The molecule has 0 aromatic rings. The van der Waals surface area contributed by atoms with Crippen molar-refractivity contribution in [3.8, 4) is 6.07 Å². The molecule has 0 saturated carbocycles. The summed E-state index contributed by atoms with van der Waals surface area (Å²) in [7, 11) is -1.33.